The lowest BCUT2D eigenvalue weighted by Crippen LogP contribution is -2.34. The normalized spacial score (nSPS) is 14.6. The molecule has 0 radical (unpaired) electrons. The number of carboxylic acid groups (broad SMARTS) is 1. The summed E-state index contributed by atoms with van der Waals surface area (Å²) in [5.74, 6) is -2.48. The molecule has 0 bridgehead atoms. The van der Waals surface area contributed by atoms with E-state index in [4.69, 9.17) is 24.8 Å². The van der Waals surface area contributed by atoms with Crippen LogP contribution in [0, 0.1) is 0 Å². The molecule has 0 amide bonds. The summed E-state index contributed by atoms with van der Waals surface area (Å²) >= 11 is 0. The molecule has 0 aromatic carbocycles. The Balaban J connectivity index is 4.41. The molecule has 0 saturated heterocycles. The van der Waals surface area contributed by atoms with Gasteiger partial charge in [-0.25, -0.2) is 4.57 Å². The van der Waals surface area contributed by atoms with Crippen LogP contribution < -0.4 is 5.73 Å². The molecule has 13 heteroatoms. The van der Waals surface area contributed by atoms with Crippen LogP contribution in [0.5, 0.6) is 0 Å². The van der Waals surface area contributed by atoms with Gasteiger partial charge in [-0.1, -0.05) is 197 Å². The average molecular weight is 884 g/mol. The van der Waals surface area contributed by atoms with Gasteiger partial charge in [-0.2, -0.15) is 0 Å². The van der Waals surface area contributed by atoms with Gasteiger partial charge in [0.05, 0.1) is 19.3 Å². The van der Waals surface area contributed by atoms with Gasteiger partial charge in [0.15, 0.2) is 6.10 Å². The van der Waals surface area contributed by atoms with Crippen molar-refractivity contribution in [2.75, 3.05) is 19.8 Å². The molecule has 0 aromatic rings. The number of hydrogen-bond donors (Lipinski definition) is 4. The Bertz CT molecular complexity index is 1240. The fourth-order valence-corrected chi connectivity index (χ4v) is 7.18. The number of carboxylic acids is 1. The number of allylic oxidation sites excluding steroid dienone is 7. The third-order valence-corrected chi connectivity index (χ3v) is 11.1. The summed E-state index contributed by atoms with van der Waals surface area (Å²) in [6, 6.07) is -1.54. The van der Waals surface area contributed by atoms with Crippen LogP contribution in [0.3, 0.4) is 0 Å². The SMILES string of the molecule is CCCCCCCCCCCCCCCCCCCCCC(=O)O[C@H](COC(=O)CCC/C=C\C/C=C\C/C=C\C=C\[C@H](O)CCCCC)COP(=O)(O)OC[C@H](N)C(=O)O. The number of ether oxygens (including phenoxy) is 2. The van der Waals surface area contributed by atoms with Crippen molar-refractivity contribution < 1.29 is 52.6 Å². The number of carbonyl (C=O) groups is 3. The first-order chi connectivity index (χ1) is 29.5. The number of unbranched alkanes of at least 4 members (excludes halogenated alkanes) is 21. The highest BCUT2D eigenvalue weighted by Crippen LogP contribution is 2.43. The van der Waals surface area contributed by atoms with Gasteiger partial charge in [0.2, 0.25) is 0 Å². The molecule has 5 N–H and O–H groups in total. The van der Waals surface area contributed by atoms with Crippen LogP contribution in [0.4, 0.5) is 0 Å². The third-order valence-electron chi connectivity index (χ3n) is 10.2. The van der Waals surface area contributed by atoms with Crippen molar-refractivity contribution in [1.82, 2.24) is 0 Å². The first-order valence-corrected chi connectivity index (χ1v) is 25.3. The summed E-state index contributed by atoms with van der Waals surface area (Å²) < 4.78 is 32.7. The molecule has 0 saturated carbocycles. The van der Waals surface area contributed by atoms with Gasteiger partial charge in [0, 0.05) is 12.8 Å². The van der Waals surface area contributed by atoms with Gasteiger partial charge < -0.3 is 30.3 Å². The Morgan fingerprint density at radius 3 is 1.62 bits per heavy atom. The maximum Gasteiger partial charge on any atom is 0.472 e. The van der Waals surface area contributed by atoms with Crippen molar-refractivity contribution in [3.05, 3.63) is 48.6 Å². The third kappa shape index (κ3) is 42.5. The molecule has 354 valence electrons. The van der Waals surface area contributed by atoms with E-state index in [2.05, 4.69) is 30.5 Å². The highest BCUT2D eigenvalue weighted by molar-refractivity contribution is 7.47. The lowest BCUT2D eigenvalue weighted by molar-refractivity contribution is -0.161. The number of rotatable bonds is 44. The molecule has 0 rings (SSSR count). The zero-order valence-electron chi connectivity index (χ0n) is 38.1. The van der Waals surface area contributed by atoms with Crippen LogP contribution in [0.2, 0.25) is 0 Å². The molecule has 4 atom stereocenters. The summed E-state index contributed by atoms with van der Waals surface area (Å²) in [5.41, 5.74) is 5.34. The van der Waals surface area contributed by atoms with E-state index in [9.17, 15) is 28.9 Å². The molecule has 12 nitrogen and oxygen atoms in total. The fourth-order valence-electron chi connectivity index (χ4n) is 6.40. The molecule has 1 unspecified atom stereocenters. The smallest absolute Gasteiger partial charge is 0.472 e. The first kappa shape index (κ1) is 58.4. The maximum atomic E-state index is 12.7. The number of esters is 2. The molecular weight excluding hydrogens is 797 g/mol. The minimum absolute atomic E-state index is 0.126. The number of nitrogens with two attached hydrogens (primary N) is 1. The van der Waals surface area contributed by atoms with Gasteiger partial charge in [-0.05, 0) is 38.5 Å². The van der Waals surface area contributed by atoms with Crippen molar-refractivity contribution >= 4 is 25.7 Å². The van der Waals surface area contributed by atoms with E-state index in [1.807, 2.05) is 36.5 Å². The summed E-state index contributed by atoms with van der Waals surface area (Å²) in [4.78, 5) is 46.0. The number of hydrogen-bond acceptors (Lipinski definition) is 10. The van der Waals surface area contributed by atoms with Crippen LogP contribution in [-0.4, -0.2) is 71.1 Å². The molecular formula is C48H86NO11P. The number of aliphatic carboxylic acids is 1. The van der Waals surface area contributed by atoms with Crippen molar-refractivity contribution in [2.24, 2.45) is 5.73 Å². The van der Waals surface area contributed by atoms with Crippen LogP contribution in [0.15, 0.2) is 48.6 Å². The van der Waals surface area contributed by atoms with Gasteiger partial charge in [-0.15, -0.1) is 0 Å². The minimum Gasteiger partial charge on any atom is -0.480 e. The van der Waals surface area contributed by atoms with Gasteiger partial charge in [0.1, 0.15) is 12.6 Å². The summed E-state index contributed by atoms with van der Waals surface area (Å²) in [5, 5.41) is 18.8. The Morgan fingerprint density at radius 2 is 1.07 bits per heavy atom. The van der Waals surface area contributed by atoms with E-state index in [0.717, 1.165) is 57.8 Å². The second-order valence-electron chi connectivity index (χ2n) is 16.1. The van der Waals surface area contributed by atoms with E-state index in [1.165, 1.54) is 96.3 Å². The van der Waals surface area contributed by atoms with Crippen LogP contribution in [0.1, 0.15) is 200 Å². The summed E-state index contributed by atoms with van der Waals surface area (Å²) in [6.07, 6.45) is 45.1. The molecule has 0 aliphatic heterocycles. The number of phosphoric acid groups is 1. The molecule has 0 fully saturated rings. The second kappa shape index (κ2) is 42.7. The Morgan fingerprint density at radius 1 is 0.590 bits per heavy atom. The Hall–Kier alpha value is -2.60. The topological polar surface area (TPSA) is 192 Å². The molecule has 0 spiro atoms. The summed E-state index contributed by atoms with van der Waals surface area (Å²) in [6.45, 7) is 2.64. The molecule has 0 aliphatic carbocycles. The standard InChI is InChI=1S/C48H86NO11P/c1-3-5-7-8-9-10-11-12-13-14-15-16-17-18-21-25-28-31-35-39-47(52)60-44(41-58-61(55,56)59-42-45(49)48(53)54)40-57-46(51)38-34-30-27-24-22-19-20-23-26-29-33-37-43(50)36-32-6-4-2/h19-20,24,26-27,29,33,37,43-45,50H,3-18,21-23,25,28,30-32,34-36,38-42,49H2,1-2H3,(H,53,54)(H,55,56)/b20-19-,27-24-,29-26-,37-33+/t43-,44-,45+/m1/s1. The summed E-state index contributed by atoms with van der Waals surface area (Å²) in [7, 11) is -4.74. The minimum atomic E-state index is -4.74. The zero-order chi connectivity index (χ0) is 45.1. The van der Waals surface area contributed by atoms with E-state index >= 15 is 0 Å². The molecule has 0 aromatic heterocycles. The second-order valence-corrected chi connectivity index (χ2v) is 17.5. The number of phosphoric ester groups is 1. The van der Waals surface area contributed by atoms with E-state index in [-0.39, 0.29) is 19.4 Å². The van der Waals surface area contributed by atoms with Gasteiger partial charge in [-0.3, -0.25) is 23.4 Å². The van der Waals surface area contributed by atoms with Gasteiger partial charge in [0.25, 0.3) is 0 Å². The highest BCUT2D eigenvalue weighted by Gasteiger charge is 2.28. The van der Waals surface area contributed by atoms with Crippen molar-refractivity contribution in [1.29, 1.82) is 0 Å². The maximum absolute atomic E-state index is 12.7. The predicted molar refractivity (Wildman–Crippen MR) is 246 cm³/mol. The molecule has 61 heavy (non-hydrogen) atoms. The molecule has 0 heterocycles. The van der Waals surface area contributed by atoms with E-state index < -0.39 is 57.2 Å². The number of aliphatic hydroxyl groups is 1. The molecule has 0 aliphatic rings. The lowest BCUT2D eigenvalue weighted by atomic mass is 10.0. The lowest BCUT2D eigenvalue weighted by Gasteiger charge is -2.20. The van der Waals surface area contributed by atoms with Crippen LogP contribution in [-0.2, 0) is 37.5 Å². The average Bonchev–Trinajstić information content (AvgIpc) is 3.23. The largest absolute Gasteiger partial charge is 0.480 e. The van der Waals surface area contributed by atoms with Crippen molar-refractivity contribution in [3.63, 3.8) is 0 Å². The first-order valence-electron chi connectivity index (χ1n) is 23.8. The van der Waals surface area contributed by atoms with Crippen LogP contribution in [0.25, 0.3) is 0 Å². The Labute approximate surface area is 369 Å². The highest BCUT2D eigenvalue weighted by atomic mass is 31.2. The predicted octanol–water partition coefficient (Wildman–Crippen LogP) is 11.9. The number of aliphatic hydroxyl groups excluding tert-OH is 1. The van der Waals surface area contributed by atoms with Crippen LogP contribution >= 0.6 is 7.82 Å². The Kier molecular flexibility index (Phi) is 40.9. The number of carbonyl (C=O) groups excluding carboxylic acids is 2. The van der Waals surface area contributed by atoms with Crippen molar-refractivity contribution in [2.45, 2.75) is 218 Å². The van der Waals surface area contributed by atoms with Gasteiger partial charge >= 0.3 is 25.7 Å². The van der Waals surface area contributed by atoms with E-state index in [1.54, 1.807) is 0 Å². The quantitative estimate of drug-likeness (QED) is 0.0149. The zero-order valence-corrected chi connectivity index (χ0v) is 39.0. The fraction of sp³-hybridized carbons (Fsp3) is 0.771. The monoisotopic (exact) mass is 884 g/mol. The van der Waals surface area contributed by atoms with E-state index in [0.29, 0.717) is 19.3 Å². The van der Waals surface area contributed by atoms with Crippen molar-refractivity contribution in [3.8, 4) is 0 Å².